The number of hydrogen-bond acceptors (Lipinski definition) is 2. The zero-order valence-corrected chi connectivity index (χ0v) is 16.4. The van der Waals surface area contributed by atoms with Crippen molar-refractivity contribution in [1.82, 2.24) is 10.3 Å². The third-order valence-electron chi connectivity index (χ3n) is 3.56. The molecular weight excluding hydrogens is 479 g/mol. The number of nitrogens with zero attached hydrogens (tertiary/aromatic N) is 1. The van der Waals surface area contributed by atoms with Crippen LogP contribution in [0.25, 0.3) is 0 Å². The van der Waals surface area contributed by atoms with Gasteiger partial charge in [-0.1, -0.05) is 52.3 Å². The maximum atomic E-state index is 12.8. The molecule has 1 atom stereocenters. The fourth-order valence-corrected chi connectivity index (χ4v) is 3.34. The molecule has 1 amide bonds. The van der Waals surface area contributed by atoms with Gasteiger partial charge in [-0.05, 0) is 58.5 Å². The Balaban J connectivity index is 1.95. The average molecular weight is 493 g/mol. The first-order valence-corrected chi connectivity index (χ1v) is 9.24. The predicted molar refractivity (Wildman–Crippen MR) is 107 cm³/mol. The van der Waals surface area contributed by atoms with Crippen molar-refractivity contribution in [2.45, 2.75) is 6.04 Å². The fraction of sp³-hybridized carbons (Fsp3) is 0.0526. The molecule has 1 N–H and O–H groups in total. The van der Waals surface area contributed by atoms with Gasteiger partial charge < -0.3 is 5.32 Å². The van der Waals surface area contributed by atoms with E-state index in [1.165, 1.54) is 0 Å². The lowest BCUT2D eigenvalue weighted by Gasteiger charge is -2.19. The molecule has 5 heteroatoms. The number of amides is 1. The monoisotopic (exact) mass is 492 g/mol. The maximum Gasteiger partial charge on any atom is 0.253 e. The number of halogens is 2. The van der Waals surface area contributed by atoms with E-state index in [1.54, 1.807) is 6.20 Å². The van der Waals surface area contributed by atoms with Gasteiger partial charge >= 0.3 is 0 Å². The number of carbonyl (C=O) groups is 1. The summed E-state index contributed by atoms with van der Waals surface area (Å²) in [7, 11) is 0. The highest BCUT2D eigenvalue weighted by Gasteiger charge is 2.20. The summed E-state index contributed by atoms with van der Waals surface area (Å²) in [6.07, 6.45) is 1.74. The summed E-state index contributed by atoms with van der Waals surface area (Å²) >= 11 is 5.60. The highest BCUT2D eigenvalue weighted by molar-refractivity contribution is 14.1. The normalized spacial score (nSPS) is 11.8. The second-order valence-electron chi connectivity index (χ2n) is 5.20. The standard InChI is InChI=1S/C19H14BrIN2O/c20-14-9-10-16(21)15(12-14)19(24)23-18(13-6-2-1-3-7-13)17-8-4-5-11-22-17/h1-12,18H,(H,23,24). The Kier molecular flexibility index (Phi) is 5.63. The lowest BCUT2D eigenvalue weighted by molar-refractivity contribution is 0.0941. The van der Waals surface area contributed by atoms with Gasteiger partial charge in [0, 0.05) is 14.2 Å². The highest BCUT2D eigenvalue weighted by atomic mass is 127. The third-order valence-corrected chi connectivity index (χ3v) is 5.00. The summed E-state index contributed by atoms with van der Waals surface area (Å²) in [5, 5.41) is 3.11. The van der Waals surface area contributed by atoms with Crippen LogP contribution in [-0.4, -0.2) is 10.9 Å². The molecule has 120 valence electrons. The summed E-state index contributed by atoms with van der Waals surface area (Å²) in [5.41, 5.74) is 2.44. The molecular formula is C19H14BrIN2O. The van der Waals surface area contributed by atoms with Crippen LogP contribution < -0.4 is 5.32 Å². The van der Waals surface area contributed by atoms with E-state index in [2.05, 4.69) is 48.8 Å². The van der Waals surface area contributed by atoms with Crippen LogP contribution in [0.2, 0.25) is 0 Å². The van der Waals surface area contributed by atoms with Gasteiger partial charge in [0.25, 0.3) is 5.91 Å². The Labute approximate surface area is 162 Å². The summed E-state index contributed by atoms with van der Waals surface area (Å²) < 4.78 is 1.78. The summed E-state index contributed by atoms with van der Waals surface area (Å²) in [6, 6.07) is 20.9. The number of pyridine rings is 1. The molecule has 0 aliphatic heterocycles. The van der Waals surface area contributed by atoms with E-state index in [0.29, 0.717) is 5.56 Å². The second kappa shape index (κ2) is 7.90. The topological polar surface area (TPSA) is 42.0 Å². The number of rotatable bonds is 4. The minimum absolute atomic E-state index is 0.125. The van der Waals surface area contributed by atoms with Crippen molar-refractivity contribution in [3.8, 4) is 0 Å². The minimum atomic E-state index is -0.297. The summed E-state index contributed by atoms with van der Waals surface area (Å²) in [5.74, 6) is -0.125. The number of nitrogens with one attached hydrogen (secondary N) is 1. The molecule has 0 spiro atoms. The van der Waals surface area contributed by atoms with E-state index in [0.717, 1.165) is 19.3 Å². The zero-order valence-electron chi connectivity index (χ0n) is 12.6. The quantitative estimate of drug-likeness (QED) is 0.522. The molecule has 0 fully saturated rings. The Bertz CT molecular complexity index is 801. The van der Waals surface area contributed by atoms with Crippen LogP contribution in [0.1, 0.15) is 27.7 Å². The Morgan fingerprint density at radius 2 is 1.79 bits per heavy atom. The number of benzene rings is 2. The van der Waals surface area contributed by atoms with E-state index < -0.39 is 0 Å². The largest absolute Gasteiger partial charge is 0.340 e. The van der Waals surface area contributed by atoms with Gasteiger partial charge in [0.1, 0.15) is 0 Å². The van der Waals surface area contributed by atoms with E-state index >= 15 is 0 Å². The fourth-order valence-electron chi connectivity index (χ4n) is 2.40. The summed E-state index contributed by atoms with van der Waals surface area (Å²) in [4.78, 5) is 17.2. The van der Waals surface area contributed by atoms with E-state index in [9.17, 15) is 4.79 Å². The first kappa shape index (κ1) is 17.1. The minimum Gasteiger partial charge on any atom is -0.340 e. The molecule has 1 unspecified atom stereocenters. The molecule has 0 aliphatic rings. The van der Waals surface area contributed by atoms with Crippen LogP contribution >= 0.6 is 38.5 Å². The van der Waals surface area contributed by atoms with Gasteiger partial charge in [-0.15, -0.1) is 0 Å². The Morgan fingerprint density at radius 3 is 2.50 bits per heavy atom. The smallest absolute Gasteiger partial charge is 0.253 e. The SMILES string of the molecule is O=C(NC(c1ccccc1)c1ccccn1)c1cc(Br)ccc1I. The van der Waals surface area contributed by atoms with Gasteiger partial charge in [0.05, 0.1) is 17.3 Å². The van der Waals surface area contributed by atoms with Crippen molar-refractivity contribution < 1.29 is 4.79 Å². The summed E-state index contributed by atoms with van der Waals surface area (Å²) in [6.45, 7) is 0. The van der Waals surface area contributed by atoms with Crippen LogP contribution in [0.15, 0.2) is 77.4 Å². The molecule has 0 bridgehead atoms. The van der Waals surface area contributed by atoms with Crippen LogP contribution in [0.3, 0.4) is 0 Å². The Hall–Kier alpha value is -1.73. The maximum absolute atomic E-state index is 12.8. The average Bonchev–Trinajstić information content (AvgIpc) is 2.63. The first-order chi connectivity index (χ1) is 11.6. The van der Waals surface area contributed by atoms with Crippen LogP contribution in [0, 0.1) is 3.57 Å². The second-order valence-corrected chi connectivity index (χ2v) is 7.27. The molecule has 3 nitrogen and oxygen atoms in total. The van der Waals surface area contributed by atoms with Crippen molar-refractivity contribution in [3.63, 3.8) is 0 Å². The molecule has 0 radical (unpaired) electrons. The van der Waals surface area contributed by atoms with Gasteiger partial charge in [0.15, 0.2) is 0 Å². The van der Waals surface area contributed by atoms with Crippen molar-refractivity contribution >= 4 is 44.4 Å². The molecule has 24 heavy (non-hydrogen) atoms. The lowest BCUT2D eigenvalue weighted by atomic mass is 10.0. The first-order valence-electron chi connectivity index (χ1n) is 7.37. The molecule has 0 saturated heterocycles. The zero-order chi connectivity index (χ0) is 16.9. The number of hydrogen-bond donors (Lipinski definition) is 1. The van der Waals surface area contributed by atoms with E-state index in [-0.39, 0.29) is 11.9 Å². The van der Waals surface area contributed by atoms with Gasteiger partial charge in [-0.3, -0.25) is 9.78 Å². The predicted octanol–water partition coefficient (Wildman–Crippen LogP) is 4.97. The molecule has 0 aliphatic carbocycles. The van der Waals surface area contributed by atoms with Gasteiger partial charge in [-0.25, -0.2) is 0 Å². The Morgan fingerprint density at radius 1 is 1.04 bits per heavy atom. The van der Waals surface area contributed by atoms with Crippen molar-refractivity contribution in [1.29, 1.82) is 0 Å². The number of carbonyl (C=O) groups excluding carboxylic acids is 1. The van der Waals surface area contributed by atoms with Crippen LogP contribution in [0.4, 0.5) is 0 Å². The molecule has 1 aromatic heterocycles. The molecule has 3 aromatic rings. The molecule has 3 rings (SSSR count). The van der Waals surface area contributed by atoms with Gasteiger partial charge in [0.2, 0.25) is 0 Å². The highest BCUT2D eigenvalue weighted by Crippen LogP contribution is 2.23. The van der Waals surface area contributed by atoms with Crippen molar-refractivity contribution in [2.75, 3.05) is 0 Å². The van der Waals surface area contributed by atoms with Crippen LogP contribution in [0.5, 0.6) is 0 Å². The van der Waals surface area contributed by atoms with Crippen molar-refractivity contribution in [2.24, 2.45) is 0 Å². The van der Waals surface area contributed by atoms with E-state index in [4.69, 9.17) is 0 Å². The van der Waals surface area contributed by atoms with Gasteiger partial charge in [-0.2, -0.15) is 0 Å². The number of aromatic nitrogens is 1. The molecule has 1 heterocycles. The van der Waals surface area contributed by atoms with Crippen LogP contribution in [-0.2, 0) is 0 Å². The van der Waals surface area contributed by atoms with E-state index in [1.807, 2.05) is 66.7 Å². The lowest BCUT2D eigenvalue weighted by Crippen LogP contribution is -2.30. The molecule has 2 aromatic carbocycles. The molecule has 0 saturated carbocycles. The third kappa shape index (κ3) is 4.02. The van der Waals surface area contributed by atoms with Crippen molar-refractivity contribution in [3.05, 3.63) is 97.8 Å².